The largest absolute Gasteiger partial charge is 0.496 e. The van der Waals surface area contributed by atoms with Gasteiger partial charge in [-0.05, 0) is 55.5 Å². The lowest BCUT2D eigenvalue weighted by Gasteiger charge is -2.26. The Bertz CT molecular complexity index is 710. The van der Waals surface area contributed by atoms with Crippen LogP contribution in [0.4, 0.5) is 0 Å². The first-order valence-electron chi connectivity index (χ1n) is 9.68. The van der Waals surface area contributed by atoms with Crippen LogP contribution in [0.2, 0.25) is 0 Å². The topological polar surface area (TPSA) is 31.4 Å². The summed E-state index contributed by atoms with van der Waals surface area (Å²) < 4.78 is 11.6. The average Bonchev–Trinajstić information content (AvgIpc) is 2.66. The van der Waals surface area contributed by atoms with Crippen LogP contribution in [0.15, 0.2) is 24.5 Å². The molecule has 3 heteroatoms. The summed E-state index contributed by atoms with van der Waals surface area (Å²) in [7, 11) is 3.53. The Labute approximate surface area is 158 Å². The van der Waals surface area contributed by atoms with E-state index in [9.17, 15) is 0 Å². The van der Waals surface area contributed by atoms with Crippen molar-refractivity contribution < 1.29 is 9.47 Å². The maximum atomic E-state index is 5.89. The summed E-state index contributed by atoms with van der Waals surface area (Å²) >= 11 is 0. The van der Waals surface area contributed by atoms with E-state index in [1.807, 2.05) is 18.5 Å². The van der Waals surface area contributed by atoms with Crippen LogP contribution in [0, 0.1) is 20.8 Å². The van der Waals surface area contributed by atoms with Gasteiger partial charge in [-0.1, -0.05) is 38.7 Å². The molecule has 3 nitrogen and oxygen atoms in total. The van der Waals surface area contributed by atoms with Crippen LogP contribution >= 0.6 is 0 Å². The Kier molecular flexibility index (Phi) is 7.50. The van der Waals surface area contributed by atoms with E-state index in [0.29, 0.717) is 0 Å². The molecule has 0 aliphatic rings. The second-order valence-corrected chi connectivity index (χ2v) is 7.04. The molecule has 0 saturated carbocycles. The van der Waals surface area contributed by atoms with Gasteiger partial charge in [0.15, 0.2) is 0 Å². The van der Waals surface area contributed by atoms with Crippen molar-refractivity contribution in [2.45, 2.75) is 65.7 Å². The minimum atomic E-state index is 0.267. The zero-order chi connectivity index (χ0) is 19.1. The molecule has 0 spiro atoms. The molecule has 1 aromatic carbocycles. The highest BCUT2D eigenvalue weighted by atomic mass is 16.5. The van der Waals surface area contributed by atoms with Gasteiger partial charge >= 0.3 is 0 Å². The Morgan fingerprint density at radius 3 is 2.19 bits per heavy atom. The molecule has 0 fully saturated rings. The third-order valence-corrected chi connectivity index (χ3v) is 5.42. The number of ether oxygens (including phenoxy) is 2. The number of pyridine rings is 1. The van der Waals surface area contributed by atoms with Crippen LogP contribution in [-0.4, -0.2) is 19.2 Å². The Morgan fingerprint density at radius 2 is 1.62 bits per heavy atom. The van der Waals surface area contributed by atoms with Crippen LogP contribution in [0.3, 0.4) is 0 Å². The maximum absolute atomic E-state index is 5.89. The van der Waals surface area contributed by atoms with Crippen LogP contribution in [-0.2, 0) is 0 Å². The Morgan fingerprint density at radius 1 is 0.923 bits per heavy atom. The molecular weight excluding hydrogens is 322 g/mol. The van der Waals surface area contributed by atoms with Crippen LogP contribution in [0.5, 0.6) is 11.5 Å². The number of methoxy groups -OCH3 is 2. The number of benzene rings is 1. The molecule has 2 aromatic rings. The highest BCUT2D eigenvalue weighted by molar-refractivity contribution is 5.60. The minimum Gasteiger partial charge on any atom is -0.496 e. The van der Waals surface area contributed by atoms with E-state index in [1.54, 1.807) is 14.2 Å². The second-order valence-electron chi connectivity index (χ2n) is 7.04. The summed E-state index contributed by atoms with van der Waals surface area (Å²) in [5.41, 5.74) is 5.98. The molecule has 0 N–H and O–H groups in total. The van der Waals surface area contributed by atoms with Gasteiger partial charge in [0.1, 0.15) is 11.5 Å². The molecule has 0 bridgehead atoms. The van der Waals surface area contributed by atoms with E-state index in [2.05, 4.69) is 38.7 Å². The van der Waals surface area contributed by atoms with Crippen molar-refractivity contribution in [2.75, 3.05) is 14.2 Å². The maximum Gasteiger partial charge on any atom is 0.126 e. The third kappa shape index (κ3) is 4.20. The fraction of sp³-hybridized carbons (Fsp3) is 0.522. The first-order valence-corrected chi connectivity index (χ1v) is 9.68. The monoisotopic (exact) mass is 355 g/mol. The lowest BCUT2D eigenvalue weighted by Crippen LogP contribution is -2.10. The van der Waals surface area contributed by atoms with Crippen LogP contribution in [0.1, 0.15) is 72.8 Å². The molecule has 0 amide bonds. The molecule has 2 rings (SSSR count). The molecule has 1 atom stereocenters. The summed E-state index contributed by atoms with van der Waals surface area (Å²) in [6.45, 7) is 8.63. The molecule has 0 aliphatic carbocycles. The van der Waals surface area contributed by atoms with Crippen LogP contribution in [0.25, 0.3) is 0 Å². The second kappa shape index (κ2) is 9.61. The fourth-order valence-electron chi connectivity index (χ4n) is 3.94. The summed E-state index contributed by atoms with van der Waals surface area (Å²) in [4.78, 5) is 4.37. The van der Waals surface area contributed by atoms with E-state index in [-0.39, 0.29) is 5.92 Å². The van der Waals surface area contributed by atoms with Crippen molar-refractivity contribution in [3.05, 3.63) is 52.3 Å². The molecule has 1 unspecified atom stereocenters. The van der Waals surface area contributed by atoms with Gasteiger partial charge in [0, 0.05) is 23.9 Å². The summed E-state index contributed by atoms with van der Waals surface area (Å²) in [5.74, 6) is 2.23. The highest BCUT2D eigenvalue weighted by Gasteiger charge is 2.26. The molecule has 0 radical (unpaired) electrons. The molecule has 0 saturated heterocycles. The molecule has 26 heavy (non-hydrogen) atoms. The fourth-order valence-corrected chi connectivity index (χ4v) is 3.94. The molecule has 1 aromatic heterocycles. The SMILES string of the molecule is CCCCCCC(c1cccnc1)c1c(C)c(OC)c(C)c(C)c1OC. The van der Waals surface area contributed by atoms with E-state index in [4.69, 9.17) is 9.47 Å². The molecule has 1 heterocycles. The summed E-state index contributed by atoms with van der Waals surface area (Å²) in [6.07, 6.45) is 9.91. The Hall–Kier alpha value is -2.03. The van der Waals surface area contributed by atoms with Gasteiger partial charge < -0.3 is 9.47 Å². The highest BCUT2D eigenvalue weighted by Crippen LogP contribution is 2.45. The number of aromatic nitrogens is 1. The molecular formula is C23H33NO2. The van der Waals surface area contributed by atoms with Gasteiger partial charge in [-0.2, -0.15) is 0 Å². The van der Waals surface area contributed by atoms with Crippen molar-refractivity contribution >= 4 is 0 Å². The molecule has 142 valence electrons. The predicted molar refractivity (Wildman–Crippen MR) is 109 cm³/mol. The summed E-state index contributed by atoms with van der Waals surface area (Å²) in [5, 5.41) is 0. The smallest absolute Gasteiger partial charge is 0.126 e. The van der Waals surface area contributed by atoms with Gasteiger partial charge in [-0.25, -0.2) is 0 Å². The van der Waals surface area contributed by atoms with Gasteiger partial charge in [-0.3, -0.25) is 4.98 Å². The Balaban J connectivity index is 2.58. The zero-order valence-corrected chi connectivity index (χ0v) is 17.2. The minimum absolute atomic E-state index is 0.267. The van der Waals surface area contributed by atoms with Gasteiger partial charge in [0.25, 0.3) is 0 Å². The number of hydrogen-bond donors (Lipinski definition) is 0. The van der Waals surface area contributed by atoms with Crippen LogP contribution < -0.4 is 9.47 Å². The van der Waals surface area contributed by atoms with Gasteiger partial charge in [-0.15, -0.1) is 0 Å². The van der Waals surface area contributed by atoms with Crippen molar-refractivity contribution in [3.8, 4) is 11.5 Å². The van der Waals surface area contributed by atoms with E-state index < -0.39 is 0 Å². The lowest BCUT2D eigenvalue weighted by atomic mass is 9.82. The number of hydrogen-bond acceptors (Lipinski definition) is 3. The van der Waals surface area contributed by atoms with Crippen molar-refractivity contribution in [2.24, 2.45) is 0 Å². The zero-order valence-electron chi connectivity index (χ0n) is 17.2. The number of unbranched alkanes of at least 4 members (excludes halogenated alkanes) is 3. The lowest BCUT2D eigenvalue weighted by molar-refractivity contribution is 0.387. The first kappa shape index (κ1) is 20.3. The normalized spacial score (nSPS) is 12.1. The summed E-state index contributed by atoms with van der Waals surface area (Å²) in [6, 6.07) is 4.20. The predicted octanol–water partition coefficient (Wildman–Crippen LogP) is 6.13. The average molecular weight is 356 g/mol. The first-order chi connectivity index (χ1) is 12.6. The van der Waals surface area contributed by atoms with E-state index >= 15 is 0 Å². The quantitative estimate of drug-likeness (QED) is 0.507. The van der Waals surface area contributed by atoms with E-state index in [0.717, 1.165) is 29.0 Å². The number of rotatable bonds is 9. The van der Waals surface area contributed by atoms with Gasteiger partial charge in [0.05, 0.1) is 14.2 Å². The number of nitrogens with zero attached hydrogens (tertiary/aromatic N) is 1. The van der Waals surface area contributed by atoms with Crippen molar-refractivity contribution in [1.82, 2.24) is 4.98 Å². The van der Waals surface area contributed by atoms with Crippen molar-refractivity contribution in [1.29, 1.82) is 0 Å². The van der Waals surface area contributed by atoms with E-state index in [1.165, 1.54) is 42.4 Å². The van der Waals surface area contributed by atoms with Gasteiger partial charge in [0.2, 0.25) is 0 Å². The molecule has 0 aliphatic heterocycles. The van der Waals surface area contributed by atoms with Crippen molar-refractivity contribution in [3.63, 3.8) is 0 Å². The third-order valence-electron chi connectivity index (χ3n) is 5.42. The standard InChI is InChI=1S/C23H33NO2/c1-7-8-9-10-13-20(19-12-11-14-24-15-19)21-18(4)22(25-5)16(2)17(3)23(21)26-6/h11-12,14-15,20H,7-10,13H2,1-6H3.